The second-order valence-corrected chi connectivity index (χ2v) is 10.5. The Bertz CT molecular complexity index is 903. The molecule has 4 rings (SSSR count). The molecule has 0 atom stereocenters. The Kier molecular flexibility index (Phi) is 4.62. The lowest BCUT2D eigenvalue weighted by atomic mass is 10.1. The Hall–Kier alpha value is -1.74. The third kappa shape index (κ3) is 4.08. The number of halogens is 1. The Morgan fingerprint density at radius 2 is 1.59 bits per heavy atom. The van der Waals surface area contributed by atoms with Crippen molar-refractivity contribution in [2.24, 2.45) is 10.3 Å². The summed E-state index contributed by atoms with van der Waals surface area (Å²) in [5, 5.41) is 15.0. The first-order chi connectivity index (χ1) is 12.7. The highest BCUT2D eigenvalue weighted by atomic mass is 32.2. The van der Waals surface area contributed by atoms with Crippen LogP contribution in [0.5, 0.6) is 0 Å². The fourth-order valence-electron chi connectivity index (χ4n) is 2.82. The predicted molar refractivity (Wildman–Crippen MR) is 106 cm³/mol. The van der Waals surface area contributed by atoms with E-state index in [1.165, 1.54) is 35.7 Å². The van der Waals surface area contributed by atoms with Gasteiger partial charge in [-0.3, -0.25) is 0 Å². The van der Waals surface area contributed by atoms with Crippen molar-refractivity contribution in [2.75, 3.05) is 0 Å². The summed E-state index contributed by atoms with van der Waals surface area (Å²) < 4.78 is 19.0. The molecule has 0 saturated carbocycles. The minimum Gasteiger partial charge on any atom is -0.389 e. The third-order valence-corrected chi connectivity index (χ3v) is 6.55. The number of nitrogens with zero attached hydrogens (tertiary/aromatic N) is 3. The first-order valence-corrected chi connectivity index (χ1v) is 10.3. The first kappa shape index (κ1) is 18.6. The van der Waals surface area contributed by atoms with Crippen LogP contribution in [-0.4, -0.2) is 26.4 Å². The summed E-state index contributed by atoms with van der Waals surface area (Å²) in [6.45, 7) is 7.96. The lowest BCUT2D eigenvalue weighted by Gasteiger charge is -2.16. The van der Waals surface area contributed by atoms with E-state index in [9.17, 15) is 4.39 Å². The van der Waals surface area contributed by atoms with Crippen LogP contribution in [0.4, 0.5) is 4.39 Å². The maximum Gasteiger partial charge on any atom is 0.167 e. The van der Waals surface area contributed by atoms with Gasteiger partial charge in [-0.05, 0) is 45.9 Å². The fraction of sp³-hybridized carbons (Fsp3) is 0.500. The molecule has 0 saturated heterocycles. The molecule has 144 valence electrons. The zero-order valence-corrected chi connectivity index (χ0v) is 17.1. The number of thioether (sulfide) groups is 2. The minimum atomic E-state index is -0.328. The number of oxime groups is 2. The van der Waals surface area contributed by atoms with E-state index in [1.807, 2.05) is 27.7 Å². The van der Waals surface area contributed by atoms with E-state index in [-0.39, 0.29) is 21.6 Å². The number of rotatable bonds is 3. The zero-order valence-electron chi connectivity index (χ0n) is 15.5. The van der Waals surface area contributed by atoms with Gasteiger partial charge in [0.2, 0.25) is 0 Å². The molecule has 0 radical (unpaired) electrons. The van der Waals surface area contributed by atoms with Gasteiger partial charge in [0.15, 0.2) is 5.58 Å². The van der Waals surface area contributed by atoms with Gasteiger partial charge in [0.25, 0.3) is 0 Å². The number of fused-ring (bicyclic) bond motifs is 1. The molecule has 9 heteroatoms. The number of aromatic nitrogens is 1. The standard InChI is InChI=1S/C18H20FN3O3S2/c1-17(2)8-13(20-24-17)26-16(27-14-9-18(3,4)25-21-14)15-11-7-10(19)5-6-12(11)23-22-15/h5-7,16H,8-9H2,1-4H3. The molecule has 2 aromatic rings. The summed E-state index contributed by atoms with van der Waals surface area (Å²) in [4.78, 5) is 11.0. The SMILES string of the molecule is CC1(C)CC(SC(SC2=NOC(C)(C)C2)c2noc3ccc(F)cc23)=NO1. The maximum atomic E-state index is 13.8. The second-order valence-electron chi connectivity index (χ2n) is 7.80. The van der Waals surface area contributed by atoms with Gasteiger partial charge in [-0.15, -0.1) is 0 Å². The summed E-state index contributed by atoms with van der Waals surface area (Å²) in [5.41, 5.74) is 0.545. The van der Waals surface area contributed by atoms with Gasteiger partial charge in [-0.25, -0.2) is 4.39 Å². The van der Waals surface area contributed by atoms with E-state index in [2.05, 4.69) is 15.5 Å². The minimum absolute atomic E-state index is 0.208. The summed E-state index contributed by atoms with van der Waals surface area (Å²) in [6.07, 6.45) is 1.40. The quantitative estimate of drug-likeness (QED) is 0.627. The van der Waals surface area contributed by atoms with Gasteiger partial charge in [-0.1, -0.05) is 39.0 Å². The smallest absolute Gasteiger partial charge is 0.167 e. The van der Waals surface area contributed by atoms with Crippen molar-refractivity contribution in [1.29, 1.82) is 0 Å². The van der Waals surface area contributed by atoms with Crippen LogP contribution in [-0.2, 0) is 9.68 Å². The summed E-state index contributed by atoms with van der Waals surface area (Å²) in [6, 6.07) is 4.40. The van der Waals surface area contributed by atoms with Gasteiger partial charge < -0.3 is 14.2 Å². The van der Waals surface area contributed by atoms with Gasteiger partial charge in [0.05, 0.1) is 0 Å². The molecular formula is C18H20FN3O3S2. The van der Waals surface area contributed by atoms with E-state index in [0.29, 0.717) is 29.5 Å². The van der Waals surface area contributed by atoms with Crippen molar-refractivity contribution in [3.05, 3.63) is 29.7 Å². The van der Waals surface area contributed by atoms with Crippen molar-refractivity contribution in [2.45, 2.75) is 56.3 Å². The topological polar surface area (TPSA) is 69.2 Å². The monoisotopic (exact) mass is 409 g/mol. The molecule has 0 unspecified atom stereocenters. The van der Waals surface area contributed by atoms with Crippen LogP contribution in [0.1, 0.15) is 50.8 Å². The largest absolute Gasteiger partial charge is 0.389 e. The molecule has 0 spiro atoms. The van der Waals surface area contributed by atoms with Gasteiger partial charge in [0.1, 0.15) is 37.4 Å². The molecule has 0 N–H and O–H groups in total. The van der Waals surface area contributed by atoms with Crippen LogP contribution in [0.15, 0.2) is 33.0 Å². The van der Waals surface area contributed by atoms with Gasteiger partial charge in [-0.2, -0.15) is 0 Å². The van der Waals surface area contributed by atoms with E-state index < -0.39 is 0 Å². The second kappa shape index (κ2) is 6.70. The van der Waals surface area contributed by atoms with Crippen LogP contribution in [0.3, 0.4) is 0 Å². The average molecular weight is 410 g/mol. The molecule has 2 aliphatic heterocycles. The third-order valence-electron chi connectivity index (χ3n) is 4.11. The highest BCUT2D eigenvalue weighted by Crippen LogP contribution is 2.47. The number of benzene rings is 1. The van der Waals surface area contributed by atoms with Crippen molar-refractivity contribution in [3.63, 3.8) is 0 Å². The Labute approximate surface area is 164 Å². The average Bonchev–Trinajstić information content (AvgIpc) is 3.23. The van der Waals surface area contributed by atoms with Crippen LogP contribution in [0, 0.1) is 5.82 Å². The number of hydrogen-bond acceptors (Lipinski definition) is 8. The van der Waals surface area contributed by atoms with Gasteiger partial charge >= 0.3 is 0 Å². The number of hydrogen-bond donors (Lipinski definition) is 0. The van der Waals surface area contributed by atoms with E-state index in [4.69, 9.17) is 14.2 Å². The van der Waals surface area contributed by atoms with Crippen LogP contribution < -0.4 is 0 Å². The van der Waals surface area contributed by atoms with E-state index in [0.717, 1.165) is 10.1 Å². The first-order valence-electron chi connectivity index (χ1n) is 8.59. The predicted octanol–water partition coefficient (Wildman–Crippen LogP) is 5.46. The molecule has 0 aliphatic carbocycles. The van der Waals surface area contributed by atoms with Crippen LogP contribution in [0.25, 0.3) is 11.0 Å². The summed E-state index contributed by atoms with van der Waals surface area (Å²) in [7, 11) is 0. The molecule has 0 bridgehead atoms. The zero-order chi connectivity index (χ0) is 19.2. The molecule has 1 aromatic carbocycles. The van der Waals surface area contributed by atoms with Crippen molar-refractivity contribution >= 4 is 44.6 Å². The molecule has 1 aromatic heterocycles. The lowest BCUT2D eigenvalue weighted by molar-refractivity contribution is 0.0120. The normalized spacial score (nSPS) is 20.5. The summed E-state index contributed by atoms with van der Waals surface area (Å²) >= 11 is 3.05. The molecule has 27 heavy (non-hydrogen) atoms. The summed E-state index contributed by atoms with van der Waals surface area (Å²) in [5.74, 6) is -0.328. The Morgan fingerprint density at radius 1 is 1.00 bits per heavy atom. The fourth-order valence-corrected chi connectivity index (χ4v) is 5.75. The lowest BCUT2D eigenvalue weighted by Crippen LogP contribution is -2.19. The maximum absolute atomic E-state index is 13.8. The van der Waals surface area contributed by atoms with Crippen LogP contribution >= 0.6 is 23.5 Å². The molecule has 3 heterocycles. The highest BCUT2D eigenvalue weighted by molar-refractivity contribution is 8.29. The highest BCUT2D eigenvalue weighted by Gasteiger charge is 2.36. The van der Waals surface area contributed by atoms with Crippen molar-refractivity contribution in [3.8, 4) is 0 Å². The Morgan fingerprint density at radius 3 is 2.11 bits per heavy atom. The molecular weight excluding hydrogens is 389 g/mol. The van der Waals surface area contributed by atoms with Crippen LogP contribution in [0.2, 0.25) is 0 Å². The van der Waals surface area contributed by atoms with E-state index in [1.54, 1.807) is 6.07 Å². The van der Waals surface area contributed by atoms with Crippen molar-refractivity contribution < 1.29 is 18.6 Å². The molecule has 0 amide bonds. The molecule has 6 nitrogen and oxygen atoms in total. The van der Waals surface area contributed by atoms with Gasteiger partial charge in [0, 0.05) is 18.2 Å². The van der Waals surface area contributed by atoms with E-state index >= 15 is 0 Å². The molecule has 0 fully saturated rings. The van der Waals surface area contributed by atoms with Crippen molar-refractivity contribution in [1.82, 2.24) is 5.16 Å². The molecule has 2 aliphatic rings. The Balaban J connectivity index is 1.64.